The fourth-order valence-corrected chi connectivity index (χ4v) is 4.15. The third-order valence-corrected chi connectivity index (χ3v) is 6.07. The first-order valence-electron chi connectivity index (χ1n) is 11.2. The maximum Gasteiger partial charge on any atom is 0.325 e. The number of pyridine rings is 1. The van der Waals surface area contributed by atoms with Crippen LogP contribution in [0.25, 0.3) is 0 Å². The highest BCUT2D eigenvalue weighted by molar-refractivity contribution is 6.04. The Morgan fingerprint density at radius 2 is 1.75 bits per heavy atom. The minimum absolute atomic E-state index is 0.0398. The molecule has 8 heteroatoms. The van der Waals surface area contributed by atoms with Gasteiger partial charge in [0.1, 0.15) is 6.04 Å². The van der Waals surface area contributed by atoms with Crippen LogP contribution in [0.2, 0.25) is 0 Å². The molecule has 32 heavy (non-hydrogen) atoms. The predicted molar refractivity (Wildman–Crippen MR) is 120 cm³/mol. The van der Waals surface area contributed by atoms with E-state index in [0.717, 1.165) is 37.3 Å². The molecule has 0 unspecified atom stereocenters. The molecular weight excluding hydrogens is 406 g/mol. The van der Waals surface area contributed by atoms with Crippen LogP contribution in [0.4, 0.5) is 4.79 Å². The SMILES string of the molecule is O=C(CC[C@@H]1NC(=O)N(Cc2ccccc2)C1=O)N1CCN(CCc2ccccn2)CC1. The minimum Gasteiger partial charge on any atom is -0.340 e. The van der Waals surface area contributed by atoms with Crippen LogP contribution in [-0.4, -0.2) is 76.3 Å². The van der Waals surface area contributed by atoms with E-state index in [2.05, 4.69) is 15.2 Å². The first-order chi connectivity index (χ1) is 15.6. The normalized spacial score (nSPS) is 19.3. The third kappa shape index (κ3) is 5.50. The van der Waals surface area contributed by atoms with Crippen LogP contribution >= 0.6 is 0 Å². The van der Waals surface area contributed by atoms with Crippen molar-refractivity contribution < 1.29 is 14.4 Å². The monoisotopic (exact) mass is 435 g/mol. The van der Waals surface area contributed by atoms with Crippen molar-refractivity contribution in [1.29, 1.82) is 0 Å². The van der Waals surface area contributed by atoms with Gasteiger partial charge in [0.2, 0.25) is 5.91 Å². The van der Waals surface area contributed by atoms with Crippen molar-refractivity contribution in [2.45, 2.75) is 31.8 Å². The van der Waals surface area contributed by atoms with E-state index < -0.39 is 12.1 Å². The number of amides is 4. The van der Waals surface area contributed by atoms with E-state index in [0.29, 0.717) is 19.5 Å². The van der Waals surface area contributed by atoms with Gasteiger partial charge in [0.05, 0.1) is 6.54 Å². The Kier molecular flexibility index (Phi) is 7.11. The molecule has 2 aliphatic heterocycles. The first kappa shape index (κ1) is 22.0. The molecule has 1 atom stereocenters. The third-order valence-electron chi connectivity index (χ3n) is 6.07. The van der Waals surface area contributed by atoms with Gasteiger partial charge in [-0.05, 0) is 24.1 Å². The number of hydrogen-bond acceptors (Lipinski definition) is 5. The maximum atomic E-state index is 12.7. The molecule has 4 amide bonds. The predicted octanol–water partition coefficient (Wildman–Crippen LogP) is 1.67. The zero-order chi connectivity index (χ0) is 22.3. The van der Waals surface area contributed by atoms with Gasteiger partial charge in [0, 0.05) is 57.5 Å². The molecule has 2 aromatic rings. The Hall–Kier alpha value is -3.26. The number of urea groups is 1. The number of benzene rings is 1. The van der Waals surface area contributed by atoms with E-state index in [9.17, 15) is 14.4 Å². The molecule has 0 bridgehead atoms. The summed E-state index contributed by atoms with van der Waals surface area (Å²) in [4.78, 5) is 47.3. The van der Waals surface area contributed by atoms with E-state index in [4.69, 9.17) is 0 Å². The van der Waals surface area contributed by atoms with Crippen molar-refractivity contribution in [3.05, 3.63) is 66.0 Å². The van der Waals surface area contributed by atoms with Crippen LogP contribution < -0.4 is 5.32 Å². The average Bonchev–Trinajstić information content (AvgIpc) is 3.10. The largest absolute Gasteiger partial charge is 0.340 e. The second kappa shape index (κ2) is 10.4. The molecule has 0 spiro atoms. The molecule has 0 saturated carbocycles. The molecule has 4 rings (SSSR count). The average molecular weight is 436 g/mol. The number of piperazine rings is 1. The standard InChI is InChI=1S/C24H29N5O3/c30-22(28-16-14-27(15-17-28)13-11-20-8-4-5-12-25-20)10-9-21-23(31)29(24(32)26-21)18-19-6-2-1-3-7-19/h1-8,12,21H,9-11,13-18H2,(H,26,32)/t21-/m0/s1. The van der Waals surface area contributed by atoms with Crippen molar-refractivity contribution in [3.63, 3.8) is 0 Å². The second-order valence-corrected chi connectivity index (χ2v) is 8.24. The summed E-state index contributed by atoms with van der Waals surface area (Å²) in [6.45, 7) is 4.22. The Labute approximate surface area is 188 Å². The fourth-order valence-electron chi connectivity index (χ4n) is 4.15. The van der Waals surface area contributed by atoms with E-state index >= 15 is 0 Å². The molecule has 1 aromatic heterocycles. The van der Waals surface area contributed by atoms with Gasteiger partial charge in [-0.15, -0.1) is 0 Å². The number of rotatable bonds is 8. The Bertz CT molecular complexity index is 929. The quantitative estimate of drug-likeness (QED) is 0.638. The van der Waals surface area contributed by atoms with Crippen LogP contribution in [0.5, 0.6) is 0 Å². The van der Waals surface area contributed by atoms with Gasteiger partial charge in [-0.1, -0.05) is 36.4 Å². The lowest BCUT2D eigenvalue weighted by Crippen LogP contribution is -2.49. The molecule has 2 aliphatic rings. The summed E-state index contributed by atoms with van der Waals surface area (Å²) in [6.07, 6.45) is 3.29. The number of carbonyl (C=O) groups excluding carboxylic acids is 3. The van der Waals surface area contributed by atoms with Crippen molar-refractivity contribution in [2.24, 2.45) is 0 Å². The van der Waals surface area contributed by atoms with Crippen LogP contribution in [-0.2, 0) is 22.6 Å². The summed E-state index contributed by atoms with van der Waals surface area (Å²) in [5.74, 6) is -0.219. The van der Waals surface area contributed by atoms with Crippen molar-refractivity contribution in [2.75, 3.05) is 32.7 Å². The Balaban J connectivity index is 1.19. The minimum atomic E-state index is -0.630. The van der Waals surface area contributed by atoms with E-state index in [-0.39, 0.29) is 24.8 Å². The van der Waals surface area contributed by atoms with E-state index in [1.54, 1.807) is 0 Å². The smallest absolute Gasteiger partial charge is 0.325 e. The zero-order valence-corrected chi connectivity index (χ0v) is 18.2. The molecule has 2 fully saturated rings. The van der Waals surface area contributed by atoms with Crippen LogP contribution in [0, 0.1) is 0 Å². The van der Waals surface area contributed by atoms with Gasteiger partial charge in [0.15, 0.2) is 0 Å². The van der Waals surface area contributed by atoms with Crippen molar-refractivity contribution in [3.8, 4) is 0 Å². The highest BCUT2D eigenvalue weighted by atomic mass is 16.2. The molecule has 1 N–H and O–H groups in total. The number of nitrogens with zero attached hydrogens (tertiary/aromatic N) is 4. The van der Waals surface area contributed by atoms with Crippen LogP contribution in [0.3, 0.4) is 0 Å². The van der Waals surface area contributed by atoms with E-state index in [1.807, 2.05) is 59.6 Å². The molecule has 8 nitrogen and oxygen atoms in total. The number of imide groups is 1. The van der Waals surface area contributed by atoms with Gasteiger partial charge in [0.25, 0.3) is 5.91 Å². The number of nitrogens with one attached hydrogen (secondary N) is 1. The Morgan fingerprint density at radius 3 is 2.47 bits per heavy atom. The molecule has 0 aliphatic carbocycles. The lowest BCUT2D eigenvalue weighted by atomic mass is 10.1. The molecule has 0 radical (unpaired) electrons. The topological polar surface area (TPSA) is 85.8 Å². The summed E-state index contributed by atoms with van der Waals surface area (Å²) in [5.41, 5.74) is 1.98. The van der Waals surface area contributed by atoms with Crippen LogP contribution in [0.1, 0.15) is 24.1 Å². The number of carbonyl (C=O) groups is 3. The molecule has 3 heterocycles. The Morgan fingerprint density at radius 1 is 1.00 bits per heavy atom. The summed E-state index contributed by atoms with van der Waals surface area (Å²) in [7, 11) is 0. The fraction of sp³-hybridized carbons (Fsp3) is 0.417. The second-order valence-electron chi connectivity index (χ2n) is 8.24. The highest BCUT2D eigenvalue weighted by Crippen LogP contribution is 2.16. The van der Waals surface area contributed by atoms with Gasteiger partial charge in [-0.2, -0.15) is 0 Å². The molecule has 2 saturated heterocycles. The van der Waals surface area contributed by atoms with Gasteiger partial charge >= 0.3 is 6.03 Å². The zero-order valence-electron chi connectivity index (χ0n) is 18.2. The summed E-state index contributed by atoms with van der Waals surface area (Å²) in [6, 6.07) is 14.3. The van der Waals surface area contributed by atoms with Gasteiger partial charge < -0.3 is 10.2 Å². The molecule has 1 aromatic carbocycles. The lowest BCUT2D eigenvalue weighted by Gasteiger charge is -2.34. The molecule has 168 valence electrons. The summed E-state index contributed by atoms with van der Waals surface area (Å²) in [5, 5.41) is 2.72. The van der Waals surface area contributed by atoms with Crippen LogP contribution in [0.15, 0.2) is 54.7 Å². The summed E-state index contributed by atoms with van der Waals surface area (Å²) >= 11 is 0. The van der Waals surface area contributed by atoms with Crippen molar-refractivity contribution >= 4 is 17.8 Å². The van der Waals surface area contributed by atoms with E-state index in [1.165, 1.54) is 4.90 Å². The first-order valence-corrected chi connectivity index (χ1v) is 11.2. The summed E-state index contributed by atoms with van der Waals surface area (Å²) < 4.78 is 0. The molecular formula is C24H29N5O3. The lowest BCUT2D eigenvalue weighted by molar-refractivity contribution is -0.133. The van der Waals surface area contributed by atoms with Gasteiger partial charge in [-0.25, -0.2) is 4.79 Å². The van der Waals surface area contributed by atoms with Crippen molar-refractivity contribution in [1.82, 2.24) is 25.0 Å². The number of hydrogen-bond donors (Lipinski definition) is 1. The highest BCUT2D eigenvalue weighted by Gasteiger charge is 2.38. The maximum absolute atomic E-state index is 12.7. The number of aromatic nitrogens is 1. The van der Waals surface area contributed by atoms with Gasteiger partial charge in [-0.3, -0.25) is 24.4 Å².